The highest BCUT2D eigenvalue weighted by molar-refractivity contribution is 6.30. The molecule has 3 aromatic carbocycles. The molecule has 1 heterocycles. The number of ether oxygens (including phenoxy) is 4. The van der Waals surface area contributed by atoms with E-state index in [1.807, 2.05) is 6.07 Å². The molecule has 32 heavy (non-hydrogen) atoms. The summed E-state index contributed by atoms with van der Waals surface area (Å²) < 4.78 is 21.8. The number of para-hydroxylation sites is 1. The molecule has 0 saturated carbocycles. The fraction of sp³-hybridized carbons (Fsp3) is 0.120. The van der Waals surface area contributed by atoms with E-state index >= 15 is 0 Å². The summed E-state index contributed by atoms with van der Waals surface area (Å²) in [6, 6.07) is 18.8. The lowest BCUT2D eigenvalue weighted by Gasteiger charge is -2.10. The Morgan fingerprint density at radius 1 is 1.00 bits per heavy atom. The molecule has 4 rings (SSSR count). The van der Waals surface area contributed by atoms with Gasteiger partial charge in [-0.1, -0.05) is 42.5 Å². The van der Waals surface area contributed by atoms with Gasteiger partial charge in [0, 0.05) is 11.6 Å². The molecule has 0 aromatic heterocycles. The van der Waals surface area contributed by atoms with Crippen LogP contribution in [0.25, 0.3) is 6.08 Å². The fourth-order valence-electron chi connectivity index (χ4n) is 3.32. The van der Waals surface area contributed by atoms with Gasteiger partial charge in [-0.2, -0.15) is 0 Å². The second-order valence-electron chi connectivity index (χ2n) is 6.87. The van der Waals surface area contributed by atoms with E-state index in [4.69, 9.17) is 30.5 Å². The number of ketones is 1. The van der Waals surface area contributed by atoms with E-state index < -0.39 is 11.3 Å². The molecule has 0 saturated heterocycles. The summed E-state index contributed by atoms with van der Waals surface area (Å²) in [6.45, 7) is 0. The van der Waals surface area contributed by atoms with Crippen molar-refractivity contribution in [2.75, 3.05) is 14.2 Å². The molecule has 0 aliphatic carbocycles. The van der Waals surface area contributed by atoms with Crippen molar-refractivity contribution >= 4 is 29.4 Å². The first-order chi connectivity index (χ1) is 15.5. The number of allylic oxidation sites excluding steroid dienone is 1. The van der Waals surface area contributed by atoms with E-state index in [0.29, 0.717) is 33.9 Å². The van der Waals surface area contributed by atoms with Crippen molar-refractivity contribution in [2.45, 2.75) is 5.38 Å². The highest BCUT2D eigenvalue weighted by Gasteiger charge is 2.29. The molecular formula is C25H19ClO6. The number of benzene rings is 3. The molecule has 1 aliphatic heterocycles. The molecule has 1 unspecified atom stereocenters. The smallest absolute Gasteiger partial charge is 0.334 e. The van der Waals surface area contributed by atoms with Gasteiger partial charge in [0.05, 0.1) is 19.8 Å². The Kier molecular flexibility index (Phi) is 6.14. The summed E-state index contributed by atoms with van der Waals surface area (Å²) in [5.41, 5.74) is 1.62. The number of halogens is 1. The summed E-state index contributed by atoms with van der Waals surface area (Å²) >= 11 is 6.22. The van der Waals surface area contributed by atoms with Gasteiger partial charge in [0.2, 0.25) is 5.78 Å². The van der Waals surface area contributed by atoms with Crippen LogP contribution in [0.5, 0.6) is 23.0 Å². The molecule has 0 spiro atoms. The van der Waals surface area contributed by atoms with Gasteiger partial charge in [0.15, 0.2) is 22.6 Å². The van der Waals surface area contributed by atoms with Crippen LogP contribution < -0.4 is 18.9 Å². The minimum atomic E-state index is -0.956. The average molecular weight is 451 g/mol. The predicted octanol–water partition coefficient (Wildman–Crippen LogP) is 5.21. The number of carbonyl (C=O) groups is 2. The molecule has 0 bridgehead atoms. The van der Waals surface area contributed by atoms with Crippen molar-refractivity contribution < 1.29 is 28.5 Å². The minimum Gasteiger partial charge on any atom is -0.493 e. The van der Waals surface area contributed by atoms with Crippen LogP contribution in [-0.4, -0.2) is 26.0 Å². The van der Waals surface area contributed by atoms with Gasteiger partial charge >= 0.3 is 5.97 Å². The molecule has 0 fully saturated rings. The predicted molar refractivity (Wildman–Crippen MR) is 120 cm³/mol. The van der Waals surface area contributed by atoms with Gasteiger partial charge in [0.1, 0.15) is 11.5 Å². The average Bonchev–Trinajstić information content (AvgIpc) is 3.13. The van der Waals surface area contributed by atoms with Gasteiger partial charge in [-0.05, 0) is 29.8 Å². The van der Waals surface area contributed by atoms with E-state index in [0.717, 1.165) is 0 Å². The Bertz CT molecular complexity index is 1200. The molecule has 0 amide bonds. The molecule has 1 atom stereocenters. The van der Waals surface area contributed by atoms with Gasteiger partial charge in [-0.25, -0.2) is 4.79 Å². The number of methoxy groups -OCH3 is 2. The standard InChI is InChI=1S/C25H19ClO6/c1-29-19-10-6-9-16(24(19)30-2)13-21-23(27)18-12-11-17(14-20(18)32-21)31-25(28)22(26)15-7-4-3-5-8-15/h3-14,22H,1-2H3/b21-13-. The zero-order valence-corrected chi connectivity index (χ0v) is 18.1. The molecular weight excluding hydrogens is 432 g/mol. The maximum Gasteiger partial charge on any atom is 0.334 e. The number of alkyl halides is 1. The minimum absolute atomic E-state index is 0.120. The van der Waals surface area contributed by atoms with Crippen LogP contribution in [0.2, 0.25) is 0 Å². The maximum atomic E-state index is 12.8. The molecule has 0 radical (unpaired) electrons. The normalized spacial score (nSPS) is 14.5. The van der Waals surface area contributed by atoms with Crippen molar-refractivity contribution in [1.29, 1.82) is 0 Å². The van der Waals surface area contributed by atoms with Gasteiger partial charge in [0.25, 0.3) is 0 Å². The Labute approximate surface area is 189 Å². The van der Waals surface area contributed by atoms with Crippen LogP contribution in [0.1, 0.15) is 26.9 Å². The first-order valence-electron chi connectivity index (χ1n) is 9.72. The number of fused-ring (bicyclic) bond motifs is 1. The largest absolute Gasteiger partial charge is 0.493 e. The Morgan fingerprint density at radius 3 is 2.50 bits per heavy atom. The molecule has 3 aromatic rings. The van der Waals surface area contributed by atoms with Crippen molar-refractivity contribution in [2.24, 2.45) is 0 Å². The Balaban J connectivity index is 1.55. The molecule has 7 heteroatoms. The fourth-order valence-corrected chi connectivity index (χ4v) is 3.51. The molecule has 162 valence electrons. The van der Waals surface area contributed by atoms with Crippen LogP contribution in [0, 0.1) is 0 Å². The van der Waals surface area contributed by atoms with Crippen molar-refractivity contribution in [1.82, 2.24) is 0 Å². The third kappa shape index (κ3) is 4.18. The van der Waals surface area contributed by atoms with Gasteiger partial charge in [-0.3, -0.25) is 4.79 Å². The van der Waals surface area contributed by atoms with E-state index in [2.05, 4.69) is 0 Å². The van der Waals surface area contributed by atoms with E-state index in [9.17, 15) is 9.59 Å². The summed E-state index contributed by atoms with van der Waals surface area (Å²) in [5, 5.41) is -0.956. The molecule has 0 N–H and O–H groups in total. The zero-order chi connectivity index (χ0) is 22.7. The van der Waals surface area contributed by atoms with E-state index in [1.54, 1.807) is 54.6 Å². The van der Waals surface area contributed by atoms with Crippen LogP contribution in [-0.2, 0) is 4.79 Å². The second-order valence-corrected chi connectivity index (χ2v) is 7.31. The first kappa shape index (κ1) is 21.5. The van der Waals surface area contributed by atoms with Crippen molar-refractivity contribution in [3.8, 4) is 23.0 Å². The molecule has 6 nitrogen and oxygen atoms in total. The van der Waals surface area contributed by atoms with Gasteiger partial charge in [-0.15, -0.1) is 11.6 Å². The Morgan fingerprint density at radius 2 is 1.78 bits per heavy atom. The second kappa shape index (κ2) is 9.16. The number of esters is 1. The molecule has 1 aliphatic rings. The van der Waals surface area contributed by atoms with E-state index in [1.165, 1.54) is 26.4 Å². The monoisotopic (exact) mass is 450 g/mol. The zero-order valence-electron chi connectivity index (χ0n) is 17.3. The SMILES string of the molecule is COc1cccc(/C=C2\Oc3cc(OC(=O)C(Cl)c4ccccc4)ccc3C2=O)c1OC. The number of rotatable bonds is 6. The Hall–Kier alpha value is -3.77. The quantitative estimate of drug-likeness (QED) is 0.222. The summed E-state index contributed by atoms with van der Waals surface area (Å²) in [5.74, 6) is 0.741. The van der Waals surface area contributed by atoms with Crippen molar-refractivity contribution in [3.63, 3.8) is 0 Å². The summed E-state index contributed by atoms with van der Waals surface area (Å²) in [4.78, 5) is 25.2. The lowest BCUT2D eigenvalue weighted by molar-refractivity contribution is -0.134. The van der Waals surface area contributed by atoms with Crippen LogP contribution in [0.4, 0.5) is 0 Å². The number of carbonyl (C=O) groups excluding carboxylic acids is 2. The highest BCUT2D eigenvalue weighted by Crippen LogP contribution is 2.38. The van der Waals surface area contributed by atoms with Crippen molar-refractivity contribution in [3.05, 3.63) is 89.2 Å². The number of Topliss-reactive ketones (excluding diaryl/α,β-unsaturated/α-hetero) is 1. The van der Waals surface area contributed by atoms with Crippen LogP contribution in [0.3, 0.4) is 0 Å². The van der Waals surface area contributed by atoms with Crippen LogP contribution in [0.15, 0.2) is 72.5 Å². The summed E-state index contributed by atoms with van der Waals surface area (Å²) in [6.07, 6.45) is 1.58. The third-order valence-electron chi connectivity index (χ3n) is 4.88. The topological polar surface area (TPSA) is 71.1 Å². The third-order valence-corrected chi connectivity index (χ3v) is 5.31. The number of hydrogen-bond acceptors (Lipinski definition) is 6. The lowest BCUT2D eigenvalue weighted by atomic mass is 10.1. The highest BCUT2D eigenvalue weighted by atomic mass is 35.5. The number of hydrogen-bond donors (Lipinski definition) is 0. The maximum absolute atomic E-state index is 12.8. The summed E-state index contributed by atoms with van der Waals surface area (Å²) in [7, 11) is 3.06. The van der Waals surface area contributed by atoms with Crippen LogP contribution >= 0.6 is 11.6 Å². The van der Waals surface area contributed by atoms with Gasteiger partial charge < -0.3 is 18.9 Å². The first-order valence-corrected chi connectivity index (χ1v) is 10.2. The van der Waals surface area contributed by atoms with E-state index in [-0.39, 0.29) is 17.3 Å². The lowest BCUT2D eigenvalue weighted by Crippen LogP contribution is -2.14.